The summed E-state index contributed by atoms with van der Waals surface area (Å²) in [7, 11) is 1.76. The number of likely N-dealkylation sites (N-methyl/N-ethyl adjacent to an activating group) is 1. The molecule has 1 N–H and O–H groups in total. The summed E-state index contributed by atoms with van der Waals surface area (Å²) in [5, 5.41) is 3.13. The van der Waals surface area contributed by atoms with Crippen LogP contribution in [-0.4, -0.2) is 29.5 Å². The van der Waals surface area contributed by atoms with E-state index in [1.165, 1.54) is 0 Å². The van der Waals surface area contributed by atoms with E-state index in [-0.39, 0.29) is 12.5 Å². The summed E-state index contributed by atoms with van der Waals surface area (Å²) >= 11 is 3.51. The molecule has 1 aromatic heterocycles. The SMILES string of the molecule is Cc1nc(-c2ccccc2)nc(NCC(=O)N(C)c2ccccc2)c1Br. The molecule has 0 aliphatic heterocycles. The van der Waals surface area contributed by atoms with Gasteiger partial charge in [-0.25, -0.2) is 9.97 Å². The zero-order chi connectivity index (χ0) is 18.5. The highest BCUT2D eigenvalue weighted by Gasteiger charge is 2.14. The maximum absolute atomic E-state index is 12.5. The first-order valence-electron chi connectivity index (χ1n) is 8.21. The molecular weight excluding hydrogens is 392 g/mol. The van der Waals surface area contributed by atoms with Gasteiger partial charge in [-0.1, -0.05) is 48.5 Å². The third kappa shape index (κ3) is 4.08. The van der Waals surface area contributed by atoms with Gasteiger partial charge in [-0.05, 0) is 35.0 Å². The number of nitrogens with one attached hydrogen (secondary N) is 1. The molecule has 2 aromatic carbocycles. The maximum Gasteiger partial charge on any atom is 0.246 e. The molecule has 0 aliphatic carbocycles. The van der Waals surface area contributed by atoms with Crippen molar-refractivity contribution in [1.29, 1.82) is 0 Å². The van der Waals surface area contributed by atoms with Gasteiger partial charge in [0.15, 0.2) is 5.82 Å². The Kier molecular flexibility index (Phi) is 5.63. The molecule has 0 saturated carbocycles. The number of nitrogens with zero attached hydrogens (tertiary/aromatic N) is 3. The van der Waals surface area contributed by atoms with Crippen LogP contribution in [0, 0.1) is 6.92 Å². The molecule has 0 fully saturated rings. The second-order valence-corrected chi connectivity index (χ2v) is 6.60. The summed E-state index contributed by atoms with van der Waals surface area (Å²) in [6.45, 7) is 2.04. The molecule has 0 spiro atoms. The second kappa shape index (κ2) is 8.10. The number of hydrogen-bond donors (Lipinski definition) is 1. The van der Waals surface area contributed by atoms with E-state index in [1.54, 1.807) is 11.9 Å². The molecule has 6 heteroatoms. The van der Waals surface area contributed by atoms with Gasteiger partial charge in [0, 0.05) is 18.3 Å². The fourth-order valence-corrected chi connectivity index (χ4v) is 2.78. The fourth-order valence-electron chi connectivity index (χ4n) is 2.47. The van der Waals surface area contributed by atoms with Crippen LogP contribution in [0.4, 0.5) is 11.5 Å². The quantitative estimate of drug-likeness (QED) is 0.681. The first kappa shape index (κ1) is 18.1. The molecule has 1 heterocycles. The van der Waals surface area contributed by atoms with Crippen molar-refractivity contribution < 1.29 is 4.79 Å². The number of carbonyl (C=O) groups is 1. The maximum atomic E-state index is 12.5. The largest absolute Gasteiger partial charge is 0.360 e. The number of halogens is 1. The van der Waals surface area contributed by atoms with Crippen LogP contribution in [0.5, 0.6) is 0 Å². The van der Waals surface area contributed by atoms with Gasteiger partial charge in [0.05, 0.1) is 16.7 Å². The number of amides is 1. The van der Waals surface area contributed by atoms with Crippen LogP contribution in [0.15, 0.2) is 65.1 Å². The highest BCUT2D eigenvalue weighted by atomic mass is 79.9. The van der Waals surface area contributed by atoms with Crippen LogP contribution in [-0.2, 0) is 4.79 Å². The van der Waals surface area contributed by atoms with E-state index in [0.29, 0.717) is 11.6 Å². The lowest BCUT2D eigenvalue weighted by molar-refractivity contribution is -0.116. The Morgan fingerprint density at radius 2 is 1.65 bits per heavy atom. The first-order chi connectivity index (χ1) is 12.6. The Morgan fingerprint density at radius 3 is 2.31 bits per heavy atom. The van der Waals surface area contributed by atoms with Gasteiger partial charge in [-0.3, -0.25) is 4.79 Å². The van der Waals surface area contributed by atoms with Crippen LogP contribution in [0.2, 0.25) is 0 Å². The molecule has 0 saturated heterocycles. The molecule has 0 atom stereocenters. The molecule has 3 rings (SSSR count). The molecule has 1 amide bonds. The first-order valence-corrected chi connectivity index (χ1v) is 9.00. The molecule has 0 aliphatic rings. The Balaban J connectivity index is 1.77. The Bertz CT molecular complexity index is 900. The van der Waals surface area contributed by atoms with Crippen molar-refractivity contribution in [2.45, 2.75) is 6.92 Å². The van der Waals surface area contributed by atoms with E-state index in [9.17, 15) is 4.79 Å². The highest BCUT2D eigenvalue weighted by Crippen LogP contribution is 2.26. The lowest BCUT2D eigenvalue weighted by Gasteiger charge is -2.18. The predicted octanol–water partition coefficient (Wildman–Crippen LogP) is 4.29. The number of aromatic nitrogens is 2. The number of hydrogen-bond acceptors (Lipinski definition) is 4. The number of anilines is 2. The van der Waals surface area contributed by atoms with Crippen molar-refractivity contribution in [2.24, 2.45) is 0 Å². The monoisotopic (exact) mass is 410 g/mol. The van der Waals surface area contributed by atoms with Gasteiger partial charge >= 0.3 is 0 Å². The summed E-state index contributed by atoms with van der Waals surface area (Å²) in [5.41, 5.74) is 2.59. The number of aryl methyl sites for hydroxylation is 1. The highest BCUT2D eigenvalue weighted by molar-refractivity contribution is 9.10. The Morgan fingerprint density at radius 1 is 1.04 bits per heavy atom. The summed E-state index contributed by atoms with van der Waals surface area (Å²) in [6.07, 6.45) is 0. The zero-order valence-corrected chi connectivity index (χ0v) is 16.2. The smallest absolute Gasteiger partial charge is 0.246 e. The van der Waals surface area contributed by atoms with E-state index >= 15 is 0 Å². The molecule has 0 unspecified atom stereocenters. The average Bonchev–Trinajstić information content (AvgIpc) is 2.69. The second-order valence-electron chi connectivity index (χ2n) is 5.80. The van der Waals surface area contributed by atoms with Crippen LogP contribution < -0.4 is 10.2 Å². The van der Waals surface area contributed by atoms with Crippen LogP contribution >= 0.6 is 15.9 Å². The van der Waals surface area contributed by atoms with Gasteiger partial charge in [-0.15, -0.1) is 0 Å². The average molecular weight is 411 g/mol. The lowest BCUT2D eigenvalue weighted by Crippen LogP contribution is -2.32. The standard InChI is InChI=1S/C20H19BrN4O/c1-14-18(21)20(24-19(23-14)15-9-5-3-6-10-15)22-13-17(26)25(2)16-11-7-4-8-12-16/h3-12H,13H2,1-2H3,(H,22,23,24). The zero-order valence-electron chi connectivity index (χ0n) is 14.6. The minimum absolute atomic E-state index is 0.0550. The van der Waals surface area contributed by atoms with E-state index in [4.69, 9.17) is 0 Å². The van der Waals surface area contributed by atoms with Crippen molar-refractivity contribution >= 4 is 33.3 Å². The van der Waals surface area contributed by atoms with Crippen molar-refractivity contribution in [1.82, 2.24) is 9.97 Å². The van der Waals surface area contributed by atoms with Gasteiger partial charge < -0.3 is 10.2 Å². The molecule has 5 nitrogen and oxygen atoms in total. The van der Waals surface area contributed by atoms with E-state index < -0.39 is 0 Å². The number of para-hydroxylation sites is 1. The molecule has 0 radical (unpaired) electrons. The number of carbonyl (C=O) groups excluding carboxylic acids is 1. The van der Waals surface area contributed by atoms with Gasteiger partial charge in [0.2, 0.25) is 5.91 Å². The lowest BCUT2D eigenvalue weighted by atomic mass is 10.2. The van der Waals surface area contributed by atoms with Crippen LogP contribution in [0.25, 0.3) is 11.4 Å². The Labute approximate surface area is 161 Å². The summed E-state index contributed by atoms with van der Waals surface area (Å²) in [5.74, 6) is 1.17. The number of benzene rings is 2. The van der Waals surface area contributed by atoms with Crippen LogP contribution in [0.3, 0.4) is 0 Å². The van der Waals surface area contributed by atoms with Gasteiger partial charge in [-0.2, -0.15) is 0 Å². The van der Waals surface area contributed by atoms with Gasteiger partial charge in [0.1, 0.15) is 5.82 Å². The third-order valence-electron chi connectivity index (χ3n) is 3.97. The normalized spacial score (nSPS) is 10.4. The molecule has 132 valence electrons. The molecular formula is C20H19BrN4O. The fraction of sp³-hybridized carbons (Fsp3) is 0.150. The minimum Gasteiger partial charge on any atom is -0.360 e. The van der Waals surface area contributed by atoms with Crippen molar-refractivity contribution in [2.75, 3.05) is 23.8 Å². The number of rotatable bonds is 5. The summed E-state index contributed by atoms with van der Waals surface area (Å²) in [4.78, 5) is 23.2. The van der Waals surface area contributed by atoms with Crippen molar-refractivity contribution in [3.05, 3.63) is 70.8 Å². The van der Waals surface area contributed by atoms with Crippen molar-refractivity contribution in [3.63, 3.8) is 0 Å². The van der Waals surface area contributed by atoms with Crippen LogP contribution in [0.1, 0.15) is 5.69 Å². The molecule has 0 bridgehead atoms. The summed E-state index contributed by atoms with van der Waals surface area (Å²) < 4.78 is 0.757. The van der Waals surface area contributed by atoms with E-state index in [2.05, 4.69) is 31.2 Å². The topological polar surface area (TPSA) is 58.1 Å². The molecule has 26 heavy (non-hydrogen) atoms. The van der Waals surface area contributed by atoms with E-state index in [1.807, 2.05) is 67.6 Å². The molecule has 3 aromatic rings. The van der Waals surface area contributed by atoms with Crippen molar-refractivity contribution in [3.8, 4) is 11.4 Å². The Hall–Kier alpha value is -2.73. The van der Waals surface area contributed by atoms with Gasteiger partial charge in [0.25, 0.3) is 0 Å². The minimum atomic E-state index is -0.0550. The van der Waals surface area contributed by atoms with E-state index in [0.717, 1.165) is 21.4 Å². The summed E-state index contributed by atoms with van der Waals surface area (Å²) in [6, 6.07) is 19.3. The third-order valence-corrected chi connectivity index (χ3v) is 4.92. The predicted molar refractivity (Wildman–Crippen MR) is 108 cm³/mol.